The van der Waals surface area contributed by atoms with Gasteiger partial charge in [-0.1, -0.05) is 11.8 Å². The molecule has 0 fully saturated rings. The molecule has 1 aromatic heterocycles. The molecule has 3 rings (SSSR count). The lowest BCUT2D eigenvalue weighted by molar-refractivity contribution is -0.119. The van der Waals surface area contributed by atoms with Crippen LogP contribution >= 0.6 is 11.3 Å². The first kappa shape index (κ1) is 18.9. The largest absolute Gasteiger partial charge is 0.490 e. The SMILES string of the molecule is CC(=O)NC1COc2ccc(C#CC(C)(C)O)cc2-c2nc(C(=O)O)sc21. The van der Waals surface area contributed by atoms with Gasteiger partial charge in [0.2, 0.25) is 10.9 Å². The third kappa shape index (κ3) is 4.27. The Morgan fingerprint density at radius 3 is 2.78 bits per heavy atom. The molecule has 0 saturated carbocycles. The van der Waals surface area contributed by atoms with Gasteiger partial charge < -0.3 is 20.3 Å². The van der Waals surface area contributed by atoms with Gasteiger partial charge >= 0.3 is 5.97 Å². The molecule has 1 unspecified atom stereocenters. The van der Waals surface area contributed by atoms with Crippen molar-refractivity contribution >= 4 is 23.2 Å². The zero-order valence-corrected chi connectivity index (χ0v) is 15.8. The third-order valence-electron chi connectivity index (χ3n) is 3.68. The highest BCUT2D eigenvalue weighted by Gasteiger charge is 2.29. The molecular formula is C19H18N2O5S. The summed E-state index contributed by atoms with van der Waals surface area (Å²) in [4.78, 5) is 27.8. The van der Waals surface area contributed by atoms with E-state index in [1.165, 1.54) is 6.92 Å². The van der Waals surface area contributed by atoms with Gasteiger partial charge in [0, 0.05) is 18.1 Å². The number of aliphatic hydroxyl groups is 1. The molecule has 140 valence electrons. The van der Waals surface area contributed by atoms with E-state index in [4.69, 9.17) is 4.74 Å². The average molecular weight is 386 g/mol. The van der Waals surface area contributed by atoms with Crippen molar-refractivity contribution in [1.82, 2.24) is 10.3 Å². The number of amides is 1. The summed E-state index contributed by atoms with van der Waals surface area (Å²) in [5.41, 5.74) is 0.551. The Bertz CT molecular complexity index is 978. The van der Waals surface area contributed by atoms with E-state index in [1.807, 2.05) is 0 Å². The zero-order valence-electron chi connectivity index (χ0n) is 15.0. The quantitative estimate of drug-likeness (QED) is 0.683. The van der Waals surface area contributed by atoms with Crippen LogP contribution in [-0.4, -0.2) is 39.3 Å². The van der Waals surface area contributed by atoms with Gasteiger partial charge in [0.25, 0.3) is 0 Å². The normalized spacial score (nSPS) is 15.3. The van der Waals surface area contributed by atoms with Crippen LogP contribution in [0.2, 0.25) is 0 Å². The van der Waals surface area contributed by atoms with Gasteiger partial charge in [0.15, 0.2) is 0 Å². The van der Waals surface area contributed by atoms with E-state index in [0.29, 0.717) is 27.4 Å². The Labute approximate surface area is 160 Å². The Balaban J connectivity index is 2.14. The molecule has 8 heteroatoms. The molecule has 1 aliphatic rings. The number of aromatic nitrogens is 1. The van der Waals surface area contributed by atoms with Crippen molar-refractivity contribution in [3.05, 3.63) is 33.6 Å². The molecule has 1 aliphatic heterocycles. The van der Waals surface area contributed by atoms with Crippen LogP contribution in [0, 0.1) is 11.8 Å². The predicted molar refractivity (Wildman–Crippen MR) is 99.7 cm³/mol. The van der Waals surface area contributed by atoms with Crippen molar-refractivity contribution in [2.24, 2.45) is 0 Å². The first-order chi connectivity index (χ1) is 12.6. The second-order valence-corrected chi connectivity index (χ2v) is 7.65. The van der Waals surface area contributed by atoms with Crippen LogP contribution in [0.5, 0.6) is 5.75 Å². The molecule has 1 atom stereocenters. The number of nitrogens with zero attached hydrogens (tertiary/aromatic N) is 1. The molecule has 0 radical (unpaired) electrons. The maximum absolute atomic E-state index is 11.5. The topological polar surface area (TPSA) is 109 Å². The van der Waals surface area contributed by atoms with Crippen molar-refractivity contribution in [2.45, 2.75) is 32.4 Å². The van der Waals surface area contributed by atoms with E-state index in [2.05, 4.69) is 22.1 Å². The van der Waals surface area contributed by atoms with Crippen molar-refractivity contribution in [3.8, 4) is 28.8 Å². The van der Waals surface area contributed by atoms with Crippen molar-refractivity contribution in [3.63, 3.8) is 0 Å². The number of rotatable bonds is 2. The van der Waals surface area contributed by atoms with E-state index < -0.39 is 17.6 Å². The molecule has 2 heterocycles. The fourth-order valence-corrected chi connectivity index (χ4v) is 3.55. The van der Waals surface area contributed by atoms with E-state index in [9.17, 15) is 19.8 Å². The maximum atomic E-state index is 11.5. The first-order valence-electron chi connectivity index (χ1n) is 8.18. The number of thiazole rings is 1. The molecule has 1 aromatic carbocycles. The minimum atomic E-state index is -1.14. The second-order valence-electron chi connectivity index (χ2n) is 6.62. The number of fused-ring (bicyclic) bond motifs is 3. The minimum absolute atomic E-state index is 0.0591. The number of hydrogen-bond donors (Lipinski definition) is 3. The van der Waals surface area contributed by atoms with Gasteiger partial charge in [-0.3, -0.25) is 4.79 Å². The van der Waals surface area contributed by atoms with Gasteiger partial charge in [-0.05, 0) is 32.0 Å². The molecule has 0 saturated heterocycles. The van der Waals surface area contributed by atoms with Crippen LogP contribution in [-0.2, 0) is 4.79 Å². The number of benzene rings is 1. The summed E-state index contributed by atoms with van der Waals surface area (Å²) in [6, 6.07) is 4.72. The highest BCUT2D eigenvalue weighted by molar-refractivity contribution is 7.14. The van der Waals surface area contributed by atoms with Crippen LogP contribution in [0.1, 0.15) is 47.1 Å². The number of ether oxygens (including phenoxy) is 1. The lowest BCUT2D eigenvalue weighted by Gasteiger charge is -2.14. The Kier molecular flexibility index (Phi) is 4.91. The summed E-state index contributed by atoms with van der Waals surface area (Å²) in [7, 11) is 0. The zero-order chi connectivity index (χ0) is 19.8. The molecule has 0 spiro atoms. The summed E-state index contributed by atoms with van der Waals surface area (Å²) in [6.07, 6.45) is 0. The van der Waals surface area contributed by atoms with Crippen molar-refractivity contribution in [2.75, 3.05) is 6.61 Å². The summed E-state index contributed by atoms with van der Waals surface area (Å²) >= 11 is 1.01. The molecule has 1 amide bonds. The fraction of sp³-hybridized carbons (Fsp3) is 0.316. The van der Waals surface area contributed by atoms with Crippen LogP contribution in [0.3, 0.4) is 0 Å². The van der Waals surface area contributed by atoms with Crippen LogP contribution < -0.4 is 10.1 Å². The Morgan fingerprint density at radius 1 is 1.41 bits per heavy atom. The van der Waals surface area contributed by atoms with Crippen molar-refractivity contribution in [1.29, 1.82) is 0 Å². The molecule has 0 bridgehead atoms. The molecule has 7 nitrogen and oxygen atoms in total. The number of aromatic carboxylic acids is 1. The van der Waals surface area contributed by atoms with E-state index in [-0.39, 0.29) is 17.5 Å². The molecule has 0 aliphatic carbocycles. The van der Waals surface area contributed by atoms with Gasteiger partial charge in [-0.15, -0.1) is 11.3 Å². The van der Waals surface area contributed by atoms with Gasteiger partial charge in [-0.2, -0.15) is 0 Å². The molecule has 27 heavy (non-hydrogen) atoms. The molecule has 3 N–H and O–H groups in total. The van der Waals surface area contributed by atoms with E-state index in [0.717, 1.165) is 11.3 Å². The lowest BCUT2D eigenvalue weighted by atomic mass is 10.0. The van der Waals surface area contributed by atoms with Gasteiger partial charge in [0.05, 0.1) is 16.6 Å². The van der Waals surface area contributed by atoms with Gasteiger partial charge in [0.1, 0.15) is 18.0 Å². The Hall–Kier alpha value is -2.89. The smallest absolute Gasteiger partial charge is 0.365 e. The standard InChI is InChI=1S/C19H18N2O5S/c1-10(22)20-13-9-26-14-5-4-11(6-7-19(2,3)25)8-12(14)15-16(13)27-17(21-15)18(23)24/h4-5,8,13,25H,9H2,1-3H3,(H,20,22)(H,23,24). The molecular weight excluding hydrogens is 368 g/mol. The lowest BCUT2D eigenvalue weighted by Crippen LogP contribution is -2.29. The number of hydrogen-bond acceptors (Lipinski definition) is 6. The minimum Gasteiger partial charge on any atom is -0.490 e. The number of carbonyl (C=O) groups excluding carboxylic acids is 1. The summed E-state index contributed by atoms with van der Waals surface area (Å²) in [6.45, 7) is 4.72. The van der Waals surface area contributed by atoms with Crippen LogP contribution in [0.15, 0.2) is 18.2 Å². The third-order valence-corrected chi connectivity index (χ3v) is 4.84. The number of carbonyl (C=O) groups is 2. The Morgan fingerprint density at radius 2 is 2.15 bits per heavy atom. The average Bonchev–Trinajstić information content (AvgIpc) is 2.96. The number of nitrogens with one attached hydrogen (secondary N) is 1. The summed E-state index contributed by atoms with van der Waals surface area (Å²) < 4.78 is 5.81. The van der Waals surface area contributed by atoms with Crippen molar-refractivity contribution < 1.29 is 24.5 Å². The first-order valence-corrected chi connectivity index (χ1v) is 8.99. The molecule has 2 aromatic rings. The second kappa shape index (κ2) is 7.02. The van der Waals surface area contributed by atoms with E-state index >= 15 is 0 Å². The highest BCUT2D eigenvalue weighted by Crippen LogP contribution is 2.41. The number of carboxylic acid groups (broad SMARTS) is 1. The van der Waals surface area contributed by atoms with Crippen LogP contribution in [0.25, 0.3) is 11.3 Å². The monoisotopic (exact) mass is 386 g/mol. The highest BCUT2D eigenvalue weighted by atomic mass is 32.1. The van der Waals surface area contributed by atoms with Gasteiger partial charge in [-0.25, -0.2) is 9.78 Å². The summed E-state index contributed by atoms with van der Waals surface area (Å²) in [5.74, 6) is 4.78. The number of carboxylic acids is 1. The van der Waals surface area contributed by atoms with E-state index in [1.54, 1.807) is 32.0 Å². The predicted octanol–water partition coefficient (Wildman–Crippen LogP) is 2.20. The van der Waals surface area contributed by atoms with Crippen LogP contribution in [0.4, 0.5) is 0 Å². The summed E-state index contributed by atoms with van der Waals surface area (Å²) in [5, 5.41) is 21.8. The fourth-order valence-electron chi connectivity index (χ4n) is 2.60. The maximum Gasteiger partial charge on any atom is 0.365 e.